The summed E-state index contributed by atoms with van der Waals surface area (Å²) in [5.41, 5.74) is -0.356. The summed E-state index contributed by atoms with van der Waals surface area (Å²) in [5.74, 6) is 0.991. The van der Waals surface area contributed by atoms with Crippen molar-refractivity contribution in [1.29, 1.82) is 0 Å². The molecule has 0 unspecified atom stereocenters. The number of likely N-dealkylation sites (tertiary alicyclic amines) is 2. The second-order valence-corrected chi connectivity index (χ2v) is 7.97. The van der Waals surface area contributed by atoms with Crippen molar-refractivity contribution in [1.82, 2.24) is 9.80 Å². The third kappa shape index (κ3) is 2.87. The van der Waals surface area contributed by atoms with Crippen LogP contribution in [0.15, 0.2) is 0 Å². The number of aliphatic hydroxyl groups is 1. The van der Waals surface area contributed by atoms with Gasteiger partial charge in [-0.1, -0.05) is 0 Å². The lowest BCUT2D eigenvalue weighted by molar-refractivity contribution is -0.135. The van der Waals surface area contributed by atoms with Crippen LogP contribution in [0.1, 0.15) is 52.4 Å². The lowest BCUT2D eigenvalue weighted by Crippen LogP contribution is -2.46. The van der Waals surface area contributed by atoms with Crippen molar-refractivity contribution in [2.75, 3.05) is 26.2 Å². The fourth-order valence-electron chi connectivity index (χ4n) is 4.38. The van der Waals surface area contributed by atoms with Crippen LogP contribution < -0.4 is 0 Å². The van der Waals surface area contributed by atoms with E-state index in [0.29, 0.717) is 11.8 Å². The molecule has 5 heteroatoms. The summed E-state index contributed by atoms with van der Waals surface area (Å²) in [6.07, 6.45) is 5.89. The van der Waals surface area contributed by atoms with Crippen LogP contribution in [0.25, 0.3) is 0 Å². The first-order valence-electron chi connectivity index (χ1n) is 8.54. The SMILES string of the molecule is CC(=O)N1CC2(CCN(C(=O)CC3CC3)CC2)C[C@@]1(C)CO. The van der Waals surface area contributed by atoms with Crippen LogP contribution in [-0.2, 0) is 9.59 Å². The van der Waals surface area contributed by atoms with Gasteiger partial charge in [0.25, 0.3) is 0 Å². The summed E-state index contributed by atoms with van der Waals surface area (Å²) in [7, 11) is 0. The van der Waals surface area contributed by atoms with Crippen molar-refractivity contribution in [3.8, 4) is 0 Å². The third-order valence-corrected chi connectivity index (χ3v) is 5.96. The van der Waals surface area contributed by atoms with E-state index in [4.69, 9.17) is 0 Å². The van der Waals surface area contributed by atoms with Gasteiger partial charge < -0.3 is 14.9 Å². The number of rotatable bonds is 3. The Morgan fingerprint density at radius 1 is 1.23 bits per heavy atom. The predicted octanol–water partition coefficient (Wildman–Crippen LogP) is 1.40. The Morgan fingerprint density at radius 2 is 1.86 bits per heavy atom. The van der Waals surface area contributed by atoms with Gasteiger partial charge in [0.15, 0.2) is 0 Å². The summed E-state index contributed by atoms with van der Waals surface area (Å²) >= 11 is 0. The molecule has 0 radical (unpaired) electrons. The van der Waals surface area contributed by atoms with E-state index in [-0.39, 0.29) is 17.9 Å². The first-order valence-corrected chi connectivity index (χ1v) is 8.54. The van der Waals surface area contributed by atoms with E-state index in [0.717, 1.165) is 45.3 Å². The van der Waals surface area contributed by atoms with Crippen molar-refractivity contribution in [3.05, 3.63) is 0 Å². The van der Waals surface area contributed by atoms with E-state index in [9.17, 15) is 14.7 Å². The van der Waals surface area contributed by atoms with Crippen molar-refractivity contribution >= 4 is 11.8 Å². The topological polar surface area (TPSA) is 60.9 Å². The van der Waals surface area contributed by atoms with Crippen molar-refractivity contribution < 1.29 is 14.7 Å². The molecule has 0 aromatic carbocycles. The summed E-state index contributed by atoms with van der Waals surface area (Å²) in [6.45, 7) is 5.91. The molecule has 22 heavy (non-hydrogen) atoms. The van der Waals surface area contributed by atoms with Crippen molar-refractivity contribution in [3.63, 3.8) is 0 Å². The van der Waals surface area contributed by atoms with Gasteiger partial charge in [0.05, 0.1) is 12.1 Å². The molecule has 0 aromatic heterocycles. The maximum atomic E-state index is 12.2. The van der Waals surface area contributed by atoms with Crippen LogP contribution in [-0.4, -0.2) is 58.5 Å². The van der Waals surface area contributed by atoms with Crippen molar-refractivity contribution in [2.45, 2.75) is 57.9 Å². The number of aliphatic hydroxyl groups excluding tert-OH is 1. The summed E-state index contributed by atoms with van der Waals surface area (Å²) in [4.78, 5) is 28.0. The van der Waals surface area contributed by atoms with E-state index < -0.39 is 5.54 Å². The fraction of sp³-hybridized carbons (Fsp3) is 0.882. The average molecular weight is 308 g/mol. The molecule has 3 fully saturated rings. The number of piperidine rings is 1. The Labute approximate surface area is 132 Å². The zero-order chi connectivity index (χ0) is 16.0. The molecule has 1 atom stereocenters. The van der Waals surface area contributed by atoms with E-state index in [1.165, 1.54) is 12.8 Å². The second-order valence-electron chi connectivity index (χ2n) is 7.97. The molecule has 3 rings (SSSR count). The van der Waals surface area contributed by atoms with Gasteiger partial charge in [0.1, 0.15) is 0 Å². The third-order valence-electron chi connectivity index (χ3n) is 5.96. The monoisotopic (exact) mass is 308 g/mol. The molecule has 1 N–H and O–H groups in total. The number of carbonyl (C=O) groups is 2. The molecular formula is C17H28N2O3. The number of amides is 2. The van der Waals surface area contributed by atoms with E-state index >= 15 is 0 Å². The van der Waals surface area contributed by atoms with Gasteiger partial charge in [0, 0.05) is 33.0 Å². The Morgan fingerprint density at radius 3 is 2.32 bits per heavy atom. The normalized spacial score (nSPS) is 30.9. The average Bonchev–Trinajstić information content (AvgIpc) is 3.24. The van der Waals surface area contributed by atoms with Gasteiger partial charge in [-0.05, 0) is 50.4 Å². The zero-order valence-electron chi connectivity index (χ0n) is 13.8. The molecule has 0 aromatic rings. The van der Waals surface area contributed by atoms with Crippen LogP contribution in [0.3, 0.4) is 0 Å². The molecule has 1 saturated carbocycles. The number of hydrogen-bond acceptors (Lipinski definition) is 3. The number of hydrogen-bond donors (Lipinski definition) is 1. The van der Waals surface area contributed by atoms with E-state index in [1.54, 1.807) is 6.92 Å². The highest BCUT2D eigenvalue weighted by Gasteiger charge is 2.52. The minimum atomic E-state index is -0.438. The van der Waals surface area contributed by atoms with E-state index in [2.05, 4.69) is 0 Å². The van der Waals surface area contributed by atoms with Gasteiger partial charge in [-0.15, -0.1) is 0 Å². The van der Waals surface area contributed by atoms with Gasteiger partial charge in [-0.25, -0.2) is 0 Å². The number of nitrogens with zero attached hydrogens (tertiary/aromatic N) is 2. The molecule has 5 nitrogen and oxygen atoms in total. The van der Waals surface area contributed by atoms with Crippen LogP contribution in [0.5, 0.6) is 0 Å². The highest BCUT2D eigenvalue weighted by Crippen LogP contribution is 2.48. The van der Waals surface area contributed by atoms with Crippen LogP contribution in [0, 0.1) is 11.3 Å². The van der Waals surface area contributed by atoms with Gasteiger partial charge >= 0.3 is 0 Å². The molecule has 2 amide bonds. The maximum Gasteiger partial charge on any atom is 0.222 e. The van der Waals surface area contributed by atoms with Crippen LogP contribution in [0.2, 0.25) is 0 Å². The quantitative estimate of drug-likeness (QED) is 0.857. The highest BCUT2D eigenvalue weighted by molar-refractivity contribution is 5.77. The molecule has 124 valence electrons. The minimum absolute atomic E-state index is 0.0126. The summed E-state index contributed by atoms with van der Waals surface area (Å²) < 4.78 is 0. The molecule has 0 bridgehead atoms. The molecular weight excluding hydrogens is 280 g/mol. The Kier molecular flexibility index (Phi) is 3.96. The first kappa shape index (κ1) is 15.8. The lowest BCUT2D eigenvalue weighted by Gasteiger charge is -2.39. The molecule has 2 heterocycles. The van der Waals surface area contributed by atoms with E-state index in [1.807, 2.05) is 16.7 Å². The lowest BCUT2D eigenvalue weighted by atomic mass is 9.74. The largest absolute Gasteiger partial charge is 0.394 e. The maximum absolute atomic E-state index is 12.2. The fourth-order valence-corrected chi connectivity index (χ4v) is 4.38. The zero-order valence-corrected chi connectivity index (χ0v) is 13.8. The molecule has 1 aliphatic carbocycles. The van der Waals surface area contributed by atoms with Crippen LogP contribution >= 0.6 is 0 Å². The molecule has 2 saturated heterocycles. The molecule has 3 aliphatic rings. The Bertz CT molecular complexity index is 467. The number of carbonyl (C=O) groups excluding carboxylic acids is 2. The predicted molar refractivity (Wildman–Crippen MR) is 83.1 cm³/mol. The summed E-state index contributed by atoms with van der Waals surface area (Å²) in [6, 6.07) is 0. The van der Waals surface area contributed by atoms with Crippen molar-refractivity contribution in [2.24, 2.45) is 11.3 Å². The standard InChI is InChI=1S/C17H28N2O3/c1-13(21)19-11-17(10-16(19,2)12-20)5-7-18(8-6-17)15(22)9-14-3-4-14/h14,20H,3-12H2,1-2H3/t16-/m0/s1. The van der Waals surface area contributed by atoms with Gasteiger partial charge in [-0.2, -0.15) is 0 Å². The Balaban J connectivity index is 1.62. The highest BCUT2D eigenvalue weighted by atomic mass is 16.3. The first-order chi connectivity index (χ1) is 10.4. The molecule has 2 aliphatic heterocycles. The smallest absolute Gasteiger partial charge is 0.222 e. The van der Waals surface area contributed by atoms with Crippen LogP contribution in [0.4, 0.5) is 0 Å². The van der Waals surface area contributed by atoms with Gasteiger partial charge in [-0.3, -0.25) is 9.59 Å². The second kappa shape index (κ2) is 5.52. The summed E-state index contributed by atoms with van der Waals surface area (Å²) in [5, 5.41) is 9.75. The Hall–Kier alpha value is -1.10. The molecule has 1 spiro atoms. The van der Waals surface area contributed by atoms with Gasteiger partial charge in [0.2, 0.25) is 11.8 Å². The minimum Gasteiger partial charge on any atom is -0.394 e.